The lowest BCUT2D eigenvalue weighted by atomic mass is 10.1. The topological polar surface area (TPSA) is 119 Å². The molecule has 0 aliphatic carbocycles. The van der Waals surface area contributed by atoms with Gasteiger partial charge >= 0.3 is 0 Å². The summed E-state index contributed by atoms with van der Waals surface area (Å²) in [7, 11) is 0. The molecule has 10 nitrogen and oxygen atoms in total. The maximum Gasteiger partial charge on any atom is 0.265 e. The first-order valence-electron chi connectivity index (χ1n) is 10.1. The fourth-order valence-electron chi connectivity index (χ4n) is 3.61. The molecular weight excluding hydrogens is 410 g/mol. The molecule has 1 aliphatic rings. The number of nitrogens with zero attached hydrogens (tertiary/aromatic N) is 7. The van der Waals surface area contributed by atoms with E-state index in [0.29, 0.717) is 40.7 Å². The van der Waals surface area contributed by atoms with Crippen LogP contribution >= 0.6 is 0 Å². The Morgan fingerprint density at radius 2 is 1.94 bits per heavy atom. The summed E-state index contributed by atoms with van der Waals surface area (Å²) in [4.78, 5) is 36.0. The average molecular weight is 431 g/mol. The van der Waals surface area contributed by atoms with Crippen LogP contribution in [-0.4, -0.2) is 46.9 Å². The third-order valence-electron chi connectivity index (χ3n) is 5.31. The average Bonchev–Trinajstić information content (AvgIpc) is 3.09. The van der Waals surface area contributed by atoms with Gasteiger partial charge < -0.3 is 9.84 Å². The lowest BCUT2D eigenvalue weighted by molar-refractivity contribution is -0.121. The number of carbonyl (C=O) groups is 1. The van der Waals surface area contributed by atoms with Crippen molar-refractivity contribution < 1.29 is 14.6 Å². The summed E-state index contributed by atoms with van der Waals surface area (Å²) in [5, 5.41) is 10.1. The van der Waals surface area contributed by atoms with E-state index in [1.165, 1.54) is 0 Å². The highest BCUT2D eigenvalue weighted by Gasteiger charge is 2.27. The van der Waals surface area contributed by atoms with Gasteiger partial charge in [-0.1, -0.05) is 0 Å². The van der Waals surface area contributed by atoms with Crippen molar-refractivity contribution in [1.82, 2.24) is 29.3 Å². The second kappa shape index (κ2) is 7.34. The van der Waals surface area contributed by atoms with Crippen molar-refractivity contribution >= 4 is 17.2 Å². The van der Waals surface area contributed by atoms with Gasteiger partial charge in [-0.3, -0.25) is 24.1 Å². The molecule has 0 bridgehead atoms. The molecule has 0 aromatic carbocycles. The third kappa shape index (κ3) is 3.44. The van der Waals surface area contributed by atoms with Gasteiger partial charge in [0.15, 0.2) is 18.1 Å². The maximum atomic E-state index is 12.6. The number of hydrogen-bond acceptors (Lipinski definition) is 8. The first-order chi connectivity index (χ1) is 15.3. The van der Waals surface area contributed by atoms with Gasteiger partial charge in [0.2, 0.25) is 0 Å². The summed E-state index contributed by atoms with van der Waals surface area (Å²) in [5.41, 5.74) is 3.17. The van der Waals surface area contributed by atoms with Gasteiger partial charge in [-0.15, -0.1) is 0 Å². The van der Waals surface area contributed by atoms with Crippen LogP contribution in [0.15, 0.2) is 43.2 Å². The molecule has 1 N–H and O–H groups in total. The standard InChI is InChI=1S/C22H21N7O3/c1-13-17(11-29-16-8-23-5-4-18(16)32-12-20(29)30)28-10-15(24-9-19(28)27-13)14-6-25-21(26-7-14)22(2,3)31/h4-10,31H,11-12H2,1-3H3. The van der Waals surface area contributed by atoms with E-state index in [4.69, 9.17) is 4.74 Å². The number of aliphatic hydroxyl groups is 1. The van der Waals surface area contributed by atoms with Crippen LogP contribution in [0.5, 0.6) is 5.75 Å². The predicted octanol–water partition coefficient (Wildman–Crippen LogP) is 2.04. The largest absolute Gasteiger partial charge is 0.481 e. The molecular formula is C22H21N7O3. The first-order valence-corrected chi connectivity index (χ1v) is 10.1. The molecule has 4 aromatic rings. The summed E-state index contributed by atoms with van der Waals surface area (Å²) in [5.74, 6) is 0.807. The minimum Gasteiger partial charge on any atom is -0.481 e. The Labute approximate surface area is 183 Å². The predicted molar refractivity (Wildman–Crippen MR) is 115 cm³/mol. The lowest BCUT2D eigenvalue weighted by Crippen LogP contribution is -2.38. The molecule has 0 fully saturated rings. The number of ether oxygens (including phenoxy) is 1. The van der Waals surface area contributed by atoms with Crippen LogP contribution in [0.4, 0.5) is 5.69 Å². The van der Waals surface area contributed by atoms with Crippen LogP contribution in [0.25, 0.3) is 16.9 Å². The Hall–Kier alpha value is -3.92. The molecule has 0 saturated carbocycles. The number of carbonyl (C=O) groups excluding carboxylic acids is 1. The molecule has 1 aliphatic heterocycles. The smallest absolute Gasteiger partial charge is 0.265 e. The number of anilines is 1. The molecule has 0 radical (unpaired) electrons. The number of pyridine rings is 1. The van der Waals surface area contributed by atoms with Crippen LogP contribution < -0.4 is 9.64 Å². The quantitative estimate of drug-likeness (QED) is 0.521. The van der Waals surface area contributed by atoms with Gasteiger partial charge in [-0.2, -0.15) is 0 Å². The van der Waals surface area contributed by atoms with Crippen molar-refractivity contribution in [3.05, 3.63) is 60.5 Å². The third-order valence-corrected chi connectivity index (χ3v) is 5.31. The second-order valence-corrected chi connectivity index (χ2v) is 8.11. The van der Waals surface area contributed by atoms with E-state index < -0.39 is 5.60 Å². The number of aryl methyl sites for hydroxylation is 1. The van der Waals surface area contributed by atoms with Gasteiger partial charge in [0.05, 0.1) is 36.0 Å². The summed E-state index contributed by atoms with van der Waals surface area (Å²) in [6.07, 6.45) is 10.0. The van der Waals surface area contributed by atoms with E-state index in [1.807, 2.05) is 17.5 Å². The van der Waals surface area contributed by atoms with E-state index in [2.05, 4.69) is 24.9 Å². The lowest BCUT2D eigenvalue weighted by Gasteiger charge is -2.28. The van der Waals surface area contributed by atoms with Gasteiger partial charge in [0.1, 0.15) is 17.0 Å². The number of hydrogen-bond donors (Lipinski definition) is 1. The van der Waals surface area contributed by atoms with Crippen molar-refractivity contribution in [3.63, 3.8) is 0 Å². The van der Waals surface area contributed by atoms with Crippen molar-refractivity contribution in [3.8, 4) is 17.0 Å². The molecule has 4 aromatic heterocycles. The summed E-state index contributed by atoms with van der Waals surface area (Å²) < 4.78 is 7.43. The zero-order chi connectivity index (χ0) is 22.5. The number of fused-ring (bicyclic) bond motifs is 2. The van der Waals surface area contributed by atoms with Gasteiger partial charge in [0.25, 0.3) is 5.91 Å². The van der Waals surface area contributed by atoms with Crippen LogP contribution in [0.2, 0.25) is 0 Å². The molecule has 162 valence electrons. The molecule has 0 unspecified atom stereocenters. The van der Waals surface area contributed by atoms with Crippen LogP contribution in [-0.2, 0) is 16.9 Å². The first kappa shape index (κ1) is 20.0. The SMILES string of the molecule is Cc1nc2cnc(-c3cnc(C(C)(C)O)nc3)cn2c1CN1C(=O)COc2ccncc21. The molecule has 5 heterocycles. The van der Waals surface area contributed by atoms with Crippen molar-refractivity contribution in [2.75, 3.05) is 11.5 Å². The Balaban J connectivity index is 1.54. The van der Waals surface area contributed by atoms with E-state index in [9.17, 15) is 9.90 Å². The molecule has 10 heteroatoms. The monoisotopic (exact) mass is 431 g/mol. The van der Waals surface area contributed by atoms with Gasteiger partial charge in [-0.25, -0.2) is 15.0 Å². The highest BCUT2D eigenvalue weighted by atomic mass is 16.5. The zero-order valence-electron chi connectivity index (χ0n) is 17.8. The second-order valence-electron chi connectivity index (χ2n) is 8.11. The number of aromatic nitrogens is 6. The number of rotatable bonds is 4. The fourth-order valence-corrected chi connectivity index (χ4v) is 3.61. The summed E-state index contributed by atoms with van der Waals surface area (Å²) >= 11 is 0. The molecule has 1 amide bonds. The van der Waals surface area contributed by atoms with Crippen LogP contribution in [0.3, 0.4) is 0 Å². The van der Waals surface area contributed by atoms with E-state index in [-0.39, 0.29) is 12.5 Å². The molecule has 0 atom stereocenters. The van der Waals surface area contributed by atoms with Gasteiger partial charge in [0, 0.05) is 36.4 Å². The van der Waals surface area contributed by atoms with E-state index >= 15 is 0 Å². The summed E-state index contributed by atoms with van der Waals surface area (Å²) in [6, 6.07) is 1.75. The minimum absolute atomic E-state index is 0.0233. The van der Waals surface area contributed by atoms with Crippen molar-refractivity contribution in [2.45, 2.75) is 32.9 Å². The van der Waals surface area contributed by atoms with Crippen LogP contribution in [0, 0.1) is 6.92 Å². The van der Waals surface area contributed by atoms with Crippen LogP contribution in [0.1, 0.15) is 31.1 Å². The zero-order valence-corrected chi connectivity index (χ0v) is 17.8. The highest BCUT2D eigenvalue weighted by molar-refractivity contribution is 5.97. The normalized spacial score (nSPS) is 13.9. The molecule has 32 heavy (non-hydrogen) atoms. The molecule has 0 saturated heterocycles. The molecule has 5 rings (SSSR count). The Kier molecular flexibility index (Phi) is 4.59. The maximum absolute atomic E-state index is 12.6. The Morgan fingerprint density at radius 3 is 2.69 bits per heavy atom. The highest BCUT2D eigenvalue weighted by Crippen LogP contribution is 2.32. The van der Waals surface area contributed by atoms with Gasteiger partial charge in [-0.05, 0) is 20.8 Å². The minimum atomic E-state index is -1.12. The Bertz CT molecular complexity index is 1330. The van der Waals surface area contributed by atoms with E-state index in [0.717, 1.165) is 11.4 Å². The Morgan fingerprint density at radius 1 is 1.16 bits per heavy atom. The van der Waals surface area contributed by atoms with Crippen molar-refractivity contribution in [1.29, 1.82) is 0 Å². The number of amides is 1. The van der Waals surface area contributed by atoms with E-state index in [1.54, 1.807) is 55.8 Å². The molecule has 0 spiro atoms. The number of imidazole rings is 1. The van der Waals surface area contributed by atoms with Crippen molar-refractivity contribution in [2.24, 2.45) is 0 Å². The summed E-state index contributed by atoms with van der Waals surface area (Å²) in [6.45, 7) is 5.45. The fraction of sp³-hybridized carbons (Fsp3) is 0.273.